The maximum absolute atomic E-state index is 12.9. The Morgan fingerprint density at radius 3 is 2.39 bits per heavy atom. The smallest absolute Gasteiger partial charge is 0.416 e. The van der Waals surface area contributed by atoms with Gasteiger partial charge in [0, 0.05) is 12.0 Å². The van der Waals surface area contributed by atoms with Crippen LogP contribution in [-0.2, 0) is 16.6 Å². The molecule has 0 radical (unpaired) electrons. The summed E-state index contributed by atoms with van der Waals surface area (Å²) in [5.74, 6) is -1.32. The Morgan fingerprint density at radius 1 is 1.30 bits per heavy atom. The highest BCUT2D eigenvalue weighted by molar-refractivity contribution is 5.69. The molecule has 1 aromatic rings. The second kappa shape index (κ2) is 5.70. The zero-order valence-corrected chi connectivity index (χ0v) is 12.9. The number of hydrogen-bond acceptors (Lipinski definition) is 3. The van der Waals surface area contributed by atoms with Gasteiger partial charge in [0.05, 0.1) is 12.0 Å². The lowest BCUT2D eigenvalue weighted by atomic mass is 9.74. The van der Waals surface area contributed by atoms with Crippen LogP contribution in [0.5, 0.6) is 5.75 Å². The van der Waals surface area contributed by atoms with Gasteiger partial charge in [-0.05, 0) is 25.0 Å². The van der Waals surface area contributed by atoms with Crippen molar-refractivity contribution in [2.24, 2.45) is 0 Å². The van der Waals surface area contributed by atoms with E-state index in [-0.39, 0.29) is 17.7 Å². The number of halogens is 3. The first-order valence-electron chi connectivity index (χ1n) is 7.40. The maximum Gasteiger partial charge on any atom is 0.416 e. The topological polar surface area (TPSA) is 66.8 Å². The van der Waals surface area contributed by atoms with Crippen molar-refractivity contribution in [1.29, 1.82) is 0 Å². The molecule has 4 nitrogen and oxygen atoms in total. The second-order valence-electron chi connectivity index (χ2n) is 5.98. The molecule has 1 heterocycles. The number of aliphatic hydroxyl groups is 1. The van der Waals surface area contributed by atoms with E-state index >= 15 is 0 Å². The maximum atomic E-state index is 12.9. The lowest BCUT2D eigenvalue weighted by Crippen LogP contribution is -2.48. The Balaban J connectivity index is 2.59. The second-order valence-corrected chi connectivity index (χ2v) is 5.98. The van der Waals surface area contributed by atoms with Crippen LogP contribution in [0.4, 0.5) is 13.2 Å². The van der Waals surface area contributed by atoms with Crippen LogP contribution in [0.15, 0.2) is 18.2 Å². The third-order valence-electron chi connectivity index (χ3n) is 4.48. The molecular formula is C16H19F3O4. The van der Waals surface area contributed by atoms with E-state index in [0.717, 1.165) is 18.2 Å². The zero-order valence-electron chi connectivity index (χ0n) is 12.9. The van der Waals surface area contributed by atoms with Crippen molar-refractivity contribution in [2.45, 2.75) is 56.9 Å². The van der Waals surface area contributed by atoms with Crippen LogP contribution in [0.25, 0.3) is 0 Å². The number of aliphatic carboxylic acids is 1. The summed E-state index contributed by atoms with van der Waals surface area (Å²) in [7, 11) is 0. The molecule has 23 heavy (non-hydrogen) atoms. The van der Waals surface area contributed by atoms with Gasteiger partial charge in [-0.1, -0.05) is 19.9 Å². The third kappa shape index (κ3) is 3.29. The summed E-state index contributed by atoms with van der Waals surface area (Å²) >= 11 is 0. The monoisotopic (exact) mass is 332 g/mol. The number of alkyl halides is 3. The van der Waals surface area contributed by atoms with E-state index in [9.17, 15) is 23.1 Å². The van der Waals surface area contributed by atoms with Crippen LogP contribution in [0.2, 0.25) is 0 Å². The quantitative estimate of drug-likeness (QED) is 0.882. The Morgan fingerprint density at radius 2 is 1.91 bits per heavy atom. The van der Waals surface area contributed by atoms with Gasteiger partial charge in [0.1, 0.15) is 17.0 Å². The van der Waals surface area contributed by atoms with Gasteiger partial charge in [-0.25, -0.2) is 0 Å². The van der Waals surface area contributed by atoms with Gasteiger partial charge in [0.15, 0.2) is 0 Å². The summed E-state index contributed by atoms with van der Waals surface area (Å²) in [5, 5.41) is 19.9. The Hall–Kier alpha value is -1.76. The Kier molecular flexibility index (Phi) is 4.36. The molecule has 1 aromatic carbocycles. The first-order chi connectivity index (χ1) is 10.6. The molecule has 1 atom stereocenters. The highest BCUT2D eigenvalue weighted by atomic mass is 19.4. The van der Waals surface area contributed by atoms with Gasteiger partial charge in [0.25, 0.3) is 0 Å². The largest absolute Gasteiger partial charge is 0.487 e. The molecule has 0 saturated carbocycles. The Labute approximate surface area is 131 Å². The van der Waals surface area contributed by atoms with Crippen LogP contribution in [0.3, 0.4) is 0 Å². The van der Waals surface area contributed by atoms with Crippen molar-refractivity contribution in [3.05, 3.63) is 29.3 Å². The summed E-state index contributed by atoms with van der Waals surface area (Å²) in [6, 6.07) is 2.78. The van der Waals surface area contributed by atoms with E-state index < -0.39 is 35.3 Å². The lowest BCUT2D eigenvalue weighted by Gasteiger charge is -2.45. The minimum absolute atomic E-state index is 0.0255. The summed E-state index contributed by atoms with van der Waals surface area (Å²) in [4.78, 5) is 11.1. The molecule has 1 aliphatic heterocycles. The fourth-order valence-electron chi connectivity index (χ4n) is 3.12. The number of carbonyl (C=O) groups is 1. The standard InChI is InChI=1S/C16H19F3O4/c1-3-14(4-2)9-15(22,8-13(20)21)11-6-5-10(16(17,18)19)7-12(11)23-14/h5-7,22H,3-4,8-9H2,1-2H3,(H,20,21). The number of hydrogen-bond donors (Lipinski definition) is 2. The van der Waals surface area contributed by atoms with Crippen molar-refractivity contribution < 1.29 is 32.9 Å². The van der Waals surface area contributed by atoms with E-state index in [4.69, 9.17) is 9.84 Å². The highest BCUT2D eigenvalue weighted by Gasteiger charge is 2.48. The molecule has 2 rings (SSSR count). The molecule has 0 saturated heterocycles. The number of rotatable bonds is 4. The Bertz CT molecular complexity index is 608. The van der Waals surface area contributed by atoms with Crippen molar-refractivity contribution >= 4 is 5.97 Å². The zero-order chi connectivity index (χ0) is 17.5. The van der Waals surface area contributed by atoms with E-state index in [1.165, 1.54) is 0 Å². The number of fused-ring (bicyclic) bond motifs is 1. The van der Waals surface area contributed by atoms with Crippen molar-refractivity contribution in [1.82, 2.24) is 0 Å². The molecule has 0 aromatic heterocycles. The van der Waals surface area contributed by atoms with Crippen LogP contribution in [-0.4, -0.2) is 21.8 Å². The predicted molar refractivity (Wildman–Crippen MR) is 76.2 cm³/mol. The molecule has 7 heteroatoms. The number of benzene rings is 1. The fourth-order valence-corrected chi connectivity index (χ4v) is 3.12. The summed E-state index contributed by atoms with van der Waals surface area (Å²) in [5.41, 5.74) is -3.45. The molecule has 0 spiro atoms. The van der Waals surface area contributed by atoms with Gasteiger partial charge in [-0.2, -0.15) is 13.2 Å². The first-order valence-corrected chi connectivity index (χ1v) is 7.40. The van der Waals surface area contributed by atoms with Gasteiger partial charge < -0.3 is 14.9 Å². The normalized spacial score (nSPS) is 23.0. The van der Waals surface area contributed by atoms with Gasteiger partial charge in [0.2, 0.25) is 0 Å². The summed E-state index contributed by atoms with van der Waals surface area (Å²) < 4.78 is 44.5. The molecule has 0 amide bonds. The number of carboxylic acids is 1. The van der Waals surface area contributed by atoms with Crippen molar-refractivity contribution in [2.75, 3.05) is 0 Å². The van der Waals surface area contributed by atoms with Gasteiger partial charge in [-0.3, -0.25) is 4.79 Å². The van der Waals surface area contributed by atoms with Gasteiger partial charge >= 0.3 is 12.1 Å². The average molecular weight is 332 g/mol. The molecule has 1 unspecified atom stereocenters. The van der Waals surface area contributed by atoms with E-state index in [1.807, 2.05) is 0 Å². The molecule has 0 bridgehead atoms. The minimum Gasteiger partial charge on any atom is -0.487 e. The first kappa shape index (κ1) is 17.6. The van der Waals surface area contributed by atoms with E-state index in [0.29, 0.717) is 12.8 Å². The van der Waals surface area contributed by atoms with Crippen LogP contribution >= 0.6 is 0 Å². The van der Waals surface area contributed by atoms with Crippen LogP contribution < -0.4 is 4.74 Å². The molecule has 128 valence electrons. The summed E-state index contributed by atoms with van der Waals surface area (Å²) in [6.45, 7) is 3.59. The predicted octanol–water partition coefficient (Wildman–Crippen LogP) is 3.71. The molecular weight excluding hydrogens is 313 g/mol. The van der Waals surface area contributed by atoms with Crippen molar-refractivity contribution in [3.8, 4) is 5.75 Å². The van der Waals surface area contributed by atoms with Crippen LogP contribution in [0, 0.1) is 0 Å². The molecule has 0 aliphatic carbocycles. The third-order valence-corrected chi connectivity index (χ3v) is 4.48. The fraction of sp³-hybridized carbons (Fsp3) is 0.562. The molecule has 0 fully saturated rings. The van der Waals surface area contributed by atoms with Gasteiger partial charge in [-0.15, -0.1) is 0 Å². The SMILES string of the molecule is CCC1(CC)CC(O)(CC(=O)O)c2ccc(C(F)(F)F)cc2O1. The van der Waals surface area contributed by atoms with E-state index in [2.05, 4.69) is 0 Å². The van der Waals surface area contributed by atoms with Crippen molar-refractivity contribution in [3.63, 3.8) is 0 Å². The highest BCUT2D eigenvalue weighted by Crippen LogP contribution is 2.49. The van der Waals surface area contributed by atoms with Crippen LogP contribution in [0.1, 0.15) is 50.7 Å². The number of carboxylic acid groups (broad SMARTS) is 1. The lowest BCUT2D eigenvalue weighted by molar-refractivity contribution is -0.149. The minimum atomic E-state index is -4.54. The molecule has 1 aliphatic rings. The van der Waals surface area contributed by atoms with E-state index in [1.54, 1.807) is 13.8 Å². The summed E-state index contributed by atoms with van der Waals surface area (Å²) in [6.07, 6.45) is -4.21. The average Bonchev–Trinajstić information content (AvgIpc) is 2.44. The molecule has 2 N–H and O–H groups in total. The number of ether oxygens (including phenoxy) is 1.